The summed E-state index contributed by atoms with van der Waals surface area (Å²) in [6.07, 6.45) is 5.58. The molecule has 1 aromatic carbocycles. The summed E-state index contributed by atoms with van der Waals surface area (Å²) < 4.78 is 0. The Kier molecular flexibility index (Phi) is 3.79. The number of carbonyl (C=O) groups excluding carboxylic acids is 1. The number of hydrogen-bond acceptors (Lipinski definition) is 3. The Labute approximate surface area is 126 Å². The molecule has 3 unspecified atom stereocenters. The van der Waals surface area contributed by atoms with Gasteiger partial charge in [-0.3, -0.25) is 4.79 Å². The minimum Gasteiger partial charge on any atom is -0.399 e. The fourth-order valence-electron chi connectivity index (χ4n) is 4.24. The third-order valence-corrected chi connectivity index (χ3v) is 5.30. The number of carbonyl (C=O) groups is 1. The maximum Gasteiger partial charge on any atom is 0.253 e. The van der Waals surface area contributed by atoms with Gasteiger partial charge >= 0.3 is 0 Å². The van der Waals surface area contributed by atoms with Crippen molar-refractivity contribution in [2.75, 3.05) is 31.3 Å². The predicted molar refractivity (Wildman–Crippen MR) is 86.5 cm³/mol. The van der Waals surface area contributed by atoms with Crippen molar-refractivity contribution in [1.29, 1.82) is 0 Å². The maximum atomic E-state index is 12.0. The van der Waals surface area contributed by atoms with E-state index in [-0.39, 0.29) is 5.91 Å². The first-order valence-electron chi connectivity index (χ1n) is 7.91. The molecule has 2 bridgehead atoms. The molecule has 0 heterocycles. The number of anilines is 2. The average molecular weight is 287 g/mol. The van der Waals surface area contributed by atoms with Crippen LogP contribution in [0, 0.1) is 17.8 Å². The van der Waals surface area contributed by atoms with E-state index in [1.807, 2.05) is 12.1 Å². The summed E-state index contributed by atoms with van der Waals surface area (Å²) in [5.41, 5.74) is 8.27. The van der Waals surface area contributed by atoms with Gasteiger partial charge in [0.15, 0.2) is 0 Å². The van der Waals surface area contributed by atoms with E-state index in [9.17, 15) is 4.79 Å². The van der Waals surface area contributed by atoms with Crippen LogP contribution in [0.4, 0.5) is 11.4 Å². The number of amides is 1. The zero-order valence-electron chi connectivity index (χ0n) is 12.9. The van der Waals surface area contributed by atoms with Crippen molar-refractivity contribution in [3.05, 3.63) is 23.8 Å². The van der Waals surface area contributed by atoms with Gasteiger partial charge in [-0.05, 0) is 55.2 Å². The Balaban J connectivity index is 1.78. The normalized spacial score (nSPS) is 26.9. The lowest BCUT2D eigenvalue weighted by atomic mass is 9.88. The summed E-state index contributed by atoms with van der Waals surface area (Å²) >= 11 is 0. The van der Waals surface area contributed by atoms with Crippen LogP contribution in [0.2, 0.25) is 0 Å². The fourth-order valence-corrected chi connectivity index (χ4v) is 4.24. The van der Waals surface area contributed by atoms with Crippen molar-refractivity contribution in [2.45, 2.75) is 25.7 Å². The molecule has 0 aliphatic heterocycles. The summed E-state index contributed by atoms with van der Waals surface area (Å²) in [7, 11) is 3.74. The molecule has 3 atom stereocenters. The minimum absolute atomic E-state index is 0.0511. The van der Waals surface area contributed by atoms with Gasteiger partial charge in [-0.2, -0.15) is 0 Å². The van der Waals surface area contributed by atoms with Crippen LogP contribution in [0.25, 0.3) is 0 Å². The monoisotopic (exact) mass is 287 g/mol. The van der Waals surface area contributed by atoms with Gasteiger partial charge < -0.3 is 16.0 Å². The molecule has 2 aliphatic rings. The number of nitrogens with one attached hydrogen (secondary N) is 1. The van der Waals surface area contributed by atoms with Crippen molar-refractivity contribution in [1.82, 2.24) is 5.32 Å². The number of nitrogen functional groups attached to an aromatic ring is 1. The molecule has 1 aromatic rings. The molecule has 3 rings (SSSR count). The fraction of sp³-hybridized carbons (Fsp3) is 0.588. The topological polar surface area (TPSA) is 58.4 Å². The molecule has 0 saturated heterocycles. The molecule has 4 heteroatoms. The lowest BCUT2D eigenvalue weighted by molar-refractivity contribution is 0.0963. The highest BCUT2D eigenvalue weighted by molar-refractivity contribution is 6.00. The highest BCUT2D eigenvalue weighted by Gasteiger charge is 2.39. The van der Waals surface area contributed by atoms with E-state index < -0.39 is 0 Å². The van der Waals surface area contributed by atoms with Gasteiger partial charge in [0.2, 0.25) is 0 Å². The van der Waals surface area contributed by atoms with Crippen LogP contribution >= 0.6 is 0 Å². The van der Waals surface area contributed by atoms with E-state index >= 15 is 0 Å². The Morgan fingerprint density at radius 2 is 2.19 bits per heavy atom. The smallest absolute Gasteiger partial charge is 0.253 e. The lowest BCUT2D eigenvalue weighted by Crippen LogP contribution is -2.31. The molecule has 1 amide bonds. The van der Waals surface area contributed by atoms with Crippen LogP contribution in [0.15, 0.2) is 18.2 Å². The number of rotatable bonds is 4. The molecule has 3 N–H and O–H groups in total. The molecular formula is C17H25N3O. The van der Waals surface area contributed by atoms with Crippen LogP contribution in [-0.2, 0) is 0 Å². The van der Waals surface area contributed by atoms with Gasteiger partial charge in [-0.1, -0.05) is 6.42 Å². The van der Waals surface area contributed by atoms with Crippen LogP contribution in [0.3, 0.4) is 0 Å². The first-order chi connectivity index (χ1) is 10.1. The molecule has 0 radical (unpaired) electrons. The Morgan fingerprint density at radius 3 is 2.81 bits per heavy atom. The van der Waals surface area contributed by atoms with Gasteiger partial charge in [-0.25, -0.2) is 0 Å². The zero-order chi connectivity index (χ0) is 15.0. The Hall–Kier alpha value is -1.71. The zero-order valence-corrected chi connectivity index (χ0v) is 12.9. The van der Waals surface area contributed by atoms with E-state index in [2.05, 4.69) is 17.3 Å². The average Bonchev–Trinajstić information content (AvgIpc) is 3.09. The van der Waals surface area contributed by atoms with E-state index in [1.54, 1.807) is 13.1 Å². The first kappa shape index (κ1) is 14.2. The van der Waals surface area contributed by atoms with Crippen molar-refractivity contribution in [3.63, 3.8) is 0 Å². The van der Waals surface area contributed by atoms with Gasteiger partial charge in [0, 0.05) is 26.3 Å². The van der Waals surface area contributed by atoms with Gasteiger partial charge in [0.25, 0.3) is 5.91 Å². The Morgan fingerprint density at radius 1 is 1.38 bits per heavy atom. The first-order valence-corrected chi connectivity index (χ1v) is 7.91. The van der Waals surface area contributed by atoms with Crippen molar-refractivity contribution in [2.24, 2.45) is 17.8 Å². The molecule has 2 fully saturated rings. The van der Waals surface area contributed by atoms with E-state index in [0.717, 1.165) is 30.0 Å². The van der Waals surface area contributed by atoms with E-state index in [4.69, 9.17) is 5.73 Å². The second-order valence-corrected chi connectivity index (χ2v) is 6.67. The largest absolute Gasteiger partial charge is 0.399 e. The minimum atomic E-state index is -0.0511. The summed E-state index contributed by atoms with van der Waals surface area (Å²) in [4.78, 5) is 14.3. The quantitative estimate of drug-likeness (QED) is 0.837. The maximum absolute atomic E-state index is 12.0. The summed E-state index contributed by atoms with van der Waals surface area (Å²) in [5.74, 6) is 2.56. The second-order valence-electron chi connectivity index (χ2n) is 6.67. The van der Waals surface area contributed by atoms with Crippen molar-refractivity contribution < 1.29 is 4.79 Å². The highest BCUT2D eigenvalue weighted by atomic mass is 16.1. The molecular weight excluding hydrogens is 262 g/mol. The predicted octanol–water partition coefficient (Wildman–Crippen LogP) is 2.50. The molecule has 0 spiro atoms. The van der Waals surface area contributed by atoms with Crippen molar-refractivity contribution in [3.8, 4) is 0 Å². The lowest BCUT2D eigenvalue weighted by Gasteiger charge is -2.29. The third kappa shape index (κ3) is 2.71. The van der Waals surface area contributed by atoms with E-state index in [1.165, 1.54) is 25.7 Å². The highest BCUT2D eigenvalue weighted by Crippen LogP contribution is 2.48. The summed E-state index contributed by atoms with van der Waals surface area (Å²) in [6.45, 7) is 1.02. The number of fused-ring (bicyclic) bond motifs is 2. The molecule has 4 nitrogen and oxygen atoms in total. The number of nitrogens with zero attached hydrogens (tertiary/aromatic N) is 1. The van der Waals surface area contributed by atoms with Crippen LogP contribution in [0.1, 0.15) is 36.0 Å². The van der Waals surface area contributed by atoms with Gasteiger partial charge in [0.05, 0.1) is 11.3 Å². The Bertz CT molecular complexity index is 543. The SMILES string of the molecule is CNC(=O)c1ccc(N)cc1N(C)CC1CC2CCC1C2. The van der Waals surface area contributed by atoms with Crippen LogP contribution < -0.4 is 16.0 Å². The molecule has 21 heavy (non-hydrogen) atoms. The molecule has 114 valence electrons. The van der Waals surface area contributed by atoms with Gasteiger partial charge in [0.1, 0.15) is 0 Å². The standard InChI is InChI=1S/C17H25N3O/c1-19-17(21)15-6-5-14(18)9-16(15)20(2)10-13-8-11-3-4-12(13)7-11/h5-6,9,11-13H,3-4,7-8,10,18H2,1-2H3,(H,19,21). The van der Waals surface area contributed by atoms with Gasteiger partial charge in [-0.15, -0.1) is 0 Å². The summed E-state index contributed by atoms with van der Waals surface area (Å²) in [5, 5.41) is 2.71. The number of benzene rings is 1. The summed E-state index contributed by atoms with van der Waals surface area (Å²) in [6, 6.07) is 5.53. The molecule has 2 aliphatic carbocycles. The van der Waals surface area contributed by atoms with Crippen LogP contribution in [0.5, 0.6) is 0 Å². The number of hydrogen-bond donors (Lipinski definition) is 2. The second kappa shape index (κ2) is 5.58. The number of nitrogens with two attached hydrogens (primary N) is 1. The van der Waals surface area contributed by atoms with E-state index in [0.29, 0.717) is 11.3 Å². The van der Waals surface area contributed by atoms with Crippen LogP contribution in [-0.4, -0.2) is 26.5 Å². The molecule has 2 saturated carbocycles. The third-order valence-electron chi connectivity index (χ3n) is 5.30. The molecule has 0 aromatic heterocycles. The van der Waals surface area contributed by atoms with Crippen molar-refractivity contribution >= 4 is 17.3 Å².